The van der Waals surface area contributed by atoms with Crippen LogP contribution in [0.4, 0.5) is 0 Å². The van der Waals surface area contributed by atoms with Crippen molar-refractivity contribution in [3.63, 3.8) is 0 Å². The minimum atomic E-state index is 2.50. The van der Waals surface area contributed by atoms with Crippen LogP contribution in [0, 0.1) is 5.53 Å². The molecule has 0 aliphatic heterocycles. The van der Waals surface area contributed by atoms with Gasteiger partial charge in [-0.1, -0.05) is 0 Å². The molecule has 0 bridgehead atoms. The summed E-state index contributed by atoms with van der Waals surface area (Å²) in [5.74, 6) is 0. The number of nitrogens with one attached hydrogen (secondary N) is 1. The fourth-order valence-corrected chi connectivity index (χ4v) is 0.120. The van der Waals surface area contributed by atoms with Crippen LogP contribution in [0.2, 0.25) is 0 Å². The first-order valence-corrected chi connectivity index (χ1v) is 1.94. The fraction of sp³-hybridized carbons (Fsp3) is 0. The Morgan fingerprint density at radius 2 is 1.30 bits per heavy atom. The molecule has 0 fully saturated rings. The molecular formula is CH3N9. The molecule has 1 N–H and O–H groups in total. The Kier molecular flexibility index (Phi) is 5.71. The van der Waals surface area contributed by atoms with Gasteiger partial charge in [-0.25, -0.2) is 0 Å². The number of nitrogens with zero attached hydrogens (tertiary/aromatic N) is 8. The lowest BCUT2D eigenvalue weighted by Gasteiger charge is -1.65. The molecule has 0 aliphatic rings. The molecule has 9 heteroatoms. The van der Waals surface area contributed by atoms with Crippen molar-refractivity contribution in [2.45, 2.75) is 0 Å². The van der Waals surface area contributed by atoms with E-state index in [1.54, 1.807) is 0 Å². The fourth-order valence-electron chi connectivity index (χ4n) is 0.120. The van der Waals surface area contributed by atoms with Gasteiger partial charge in [0.1, 0.15) is 0 Å². The molecular weight excluding hydrogens is 138 g/mol. The smallest absolute Gasteiger partial charge is 0.0151 e. The van der Waals surface area contributed by atoms with E-state index in [1.165, 1.54) is 0 Å². The summed E-state index contributed by atoms with van der Waals surface area (Å²) in [5.41, 5.74) is 6.10. The lowest BCUT2D eigenvalue weighted by atomic mass is 11.7. The second kappa shape index (κ2) is 7.07. The monoisotopic (exact) mass is 141 g/mol. The zero-order valence-corrected chi connectivity index (χ0v) is 4.78. The zero-order valence-electron chi connectivity index (χ0n) is 4.78. The highest BCUT2D eigenvalue weighted by atomic mass is 15.6. The van der Waals surface area contributed by atoms with Crippen LogP contribution in [0.25, 0.3) is 0 Å². The third-order valence-electron chi connectivity index (χ3n) is 0.308. The molecule has 0 aromatic heterocycles. The van der Waals surface area contributed by atoms with Gasteiger partial charge in [0.2, 0.25) is 0 Å². The van der Waals surface area contributed by atoms with E-state index in [4.69, 9.17) is 5.53 Å². The Balaban J connectivity index is 3.55. The zero-order chi connectivity index (χ0) is 7.66. The first-order valence-electron chi connectivity index (χ1n) is 1.94. The van der Waals surface area contributed by atoms with Gasteiger partial charge in [0.25, 0.3) is 0 Å². The molecule has 0 aromatic carbocycles. The summed E-state index contributed by atoms with van der Waals surface area (Å²) in [7, 11) is 0. The highest BCUT2D eigenvalue weighted by Gasteiger charge is 1.63. The molecule has 0 radical (unpaired) electrons. The summed E-state index contributed by atoms with van der Waals surface area (Å²) in [6.07, 6.45) is 0. The first kappa shape index (κ1) is 8.07. The third kappa shape index (κ3) is 6.07. The van der Waals surface area contributed by atoms with Crippen LogP contribution in [0.3, 0.4) is 0 Å². The van der Waals surface area contributed by atoms with Crippen molar-refractivity contribution < 1.29 is 0 Å². The van der Waals surface area contributed by atoms with Gasteiger partial charge in [-0.3, -0.25) is 0 Å². The quantitative estimate of drug-likeness (QED) is 0.348. The van der Waals surface area contributed by atoms with Crippen molar-refractivity contribution in [1.82, 2.24) is 0 Å². The van der Waals surface area contributed by atoms with E-state index in [0.29, 0.717) is 0 Å². The minimum absolute atomic E-state index is 2.50. The molecule has 0 aromatic rings. The molecule has 0 saturated heterocycles. The molecule has 0 spiro atoms. The normalized spacial score (nSPS) is 11.6. The van der Waals surface area contributed by atoms with E-state index in [2.05, 4.69) is 48.4 Å². The van der Waals surface area contributed by atoms with E-state index in [-0.39, 0.29) is 0 Å². The predicted molar refractivity (Wildman–Crippen MR) is 29.3 cm³/mol. The van der Waals surface area contributed by atoms with E-state index in [0.717, 1.165) is 0 Å². The minimum Gasteiger partial charge on any atom is -0.183 e. The van der Waals surface area contributed by atoms with Gasteiger partial charge in [0, 0.05) is 6.72 Å². The average Bonchev–Trinajstić information content (AvgIpc) is 1.97. The topological polar surface area (TPSA) is 123 Å². The maximum atomic E-state index is 6.10. The average molecular weight is 141 g/mol. The van der Waals surface area contributed by atoms with E-state index >= 15 is 0 Å². The van der Waals surface area contributed by atoms with Gasteiger partial charge in [-0.15, -0.1) is 5.10 Å². The maximum Gasteiger partial charge on any atom is 0.0151 e. The molecule has 9 nitrogen and oxygen atoms in total. The van der Waals surface area contributed by atoms with E-state index in [1.807, 2.05) is 0 Å². The van der Waals surface area contributed by atoms with Crippen molar-refractivity contribution in [2.75, 3.05) is 0 Å². The molecule has 0 unspecified atom stereocenters. The molecule has 0 saturated carbocycles. The Labute approximate surface area is 55.1 Å². The Hall–Kier alpha value is -1.93. The van der Waals surface area contributed by atoms with Crippen molar-refractivity contribution in [3.05, 3.63) is 0 Å². The lowest BCUT2D eigenvalue weighted by Crippen LogP contribution is -1.46. The van der Waals surface area contributed by atoms with Crippen LogP contribution < -0.4 is 0 Å². The first-order chi connectivity index (χ1) is 4.91. The van der Waals surface area contributed by atoms with Gasteiger partial charge in [-0.05, 0) is 36.6 Å². The van der Waals surface area contributed by atoms with Crippen LogP contribution in [-0.4, -0.2) is 6.72 Å². The van der Waals surface area contributed by atoms with Gasteiger partial charge in [-0.2, -0.15) is 5.53 Å². The highest BCUT2D eigenvalue weighted by Crippen LogP contribution is 1.82. The Morgan fingerprint density at radius 3 is 1.80 bits per heavy atom. The van der Waals surface area contributed by atoms with Crippen LogP contribution in [0.1, 0.15) is 0 Å². The molecule has 0 amide bonds. The summed E-state index contributed by atoms with van der Waals surface area (Å²) in [5, 5.41) is 22.9. The molecule has 0 rings (SSSR count). The van der Waals surface area contributed by atoms with Crippen molar-refractivity contribution >= 4 is 6.72 Å². The lowest BCUT2D eigenvalue weighted by molar-refractivity contribution is 0.781. The van der Waals surface area contributed by atoms with Gasteiger partial charge in [0.15, 0.2) is 0 Å². The molecule has 52 valence electrons. The summed E-state index contributed by atoms with van der Waals surface area (Å²) >= 11 is 0. The van der Waals surface area contributed by atoms with Gasteiger partial charge < -0.3 is 0 Å². The van der Waals surface area contributed by atoms with Crippen LogP contribution in [0.15, 0.2) is 41.7 Å². The van der Waals surface area contributed by atoms with Gasteiger partial charge >= 0.3 is 0 Å². The summed E-state index contributed by atoms with van der Waals surface area (Å²) in [6.45, 7) is 2.98. The SMILES string of the molecule is C=NN=NN=NN=NN=N. The Morgan fingerprint density at radius 1 is 0.800 bits per heavy atom. The molecule has 10 heavy (non-hydrogen) atoms. The van der Waals surface area contributed by atoms with Crippen molar-refractivity contribution in [1.29, 1.82) is 5.53 Å². The van der Waals surface area contributed by atoms with E-state index in [9.17, 15) is 0 Å². The van der Waals surface area contributed by atoms with Gasteiger partial charge in [0.05, 0.1) is 0 Å². The maximum absolute atomic E-state index is 6.10. The number of hydrogen-bond donors (Lipinski definition) is 1. The standard InChI is InChI=1S/CH3N9/c1-3-5-7-9-10-8-6-4-2/h2H,1H2. The summed E-state index contributed by atoms with van der Waals surface area (Å²) in [4.78, 5) is 0. The highest BCUT2D eigenvalue weighted by molar-refractivity contribution is 5.22. The van der Waals surface area contributed by atoms with Crippen LogP contribution >= 0.6 is 0 Å². The van der Waals surface area contributed by atoms with Crippen LogP contribution in [0.5, 0.6) is 0 Å². The predicted octanol–water partition coefficient (Wildman–Crippen LogP) is 1.73. The Bertz CT molecular complexity index is 153. The van der Waals surface area contributed by atoms with Crippen molar-refractivity contribution in [2.24, 2.45) is 41.7 Å². The third-order valence-corrected chi connectivity index (χ3v) is 0.308. The number of hydrogen-bond acceptors (Lipinski definition) is 2. The molecule has 0 heterocycles. The van der Waals surface area contributed by atoms with E-state index < -0.39 is 0 Å². The summed E-state index contributed by atoms with van der Waals surface area (Å²) < 4.78 is 0. The second-order valence-corrected chi connectivity index (χ2v) is 0.778. The van der Waals surface area contributed by atoms with Crippen LogP contribution in [-0.2, 0) is 0 Å². The number of rotatable bonds is 4. The summed E-state index contributed by atoms with van der Waals surface area (Å²) in [6, 6.07) is 0. The molecule has 0 atom stereocenters. The second-order valence-electron chi connectivity index (χ2n) is 0.778. The largest absolute Gasteiger partial charge is 0.183 e. The van der Waals surface area contributed by atoms with Crippen molar-refractivity contribution in [3.8, 4) is 0 Å². The molecule has 0 aliphatic carbocycles.